The van der Waals surface area contributed by atoms with Crippen LogP contribution in [-0.4, -0.2) is 58.4 Å². The van der Waals surface area contributed by atoms with Crippen molar-refractivity contribution >= 4 is 23.3 Å². The summed E-state index contributed by atoms with van der Waals surface area (Å²) in [4.78, 5) is 21.4. The van der Waals surface area contributed by atoms with Gasteiger partial charge in [-0.1, -0.05) is 29.8 Å². The smallest absolute Gasteiger partial charge is 0.475 e. The lowest BCUT2D eigenvalue weighted by Crippen LogP contribution is -2.64. The molecule has 0 amide bonds. The Bertz CT molecular complexity index is 997. The molecule has 3 N–H and O–H groups in total. The van der Waals surface area contributed by atoms with Gasteiger partial charge in [-0.05, 0) is 31.4 Å². The van der Waals surface area contributed by atoms with E-state index in [2.05, 4.69) is 15.7 Å². The number of nitrogens with one attached hydrogen (secondary N) is 2. The lowest BCUT2D eigenvalue weighted by Gasteiger charge is -2.48. The molecular weight excluding hydrogens is 453 g/mol. The Kier molecular flexibility index (Phi) is 7.42. The van der Waals surface area contributed by atoms with Gasteiger partial charge in [0.25, 0.3) is 5.56 Å². The predicted molar refractivity (Wildman–Crippen MR) is 111 cm³/mol. The van der Waals surface area contributed by atoms with Gasteiger partial charge in [-0.3, -0.25) is 4.79 Å². The Morgan fingerprint density at radius 3 is 2.56 bits per heavy atom. The molecule has 2 saturated heterocycles. The molecule has 3 heterocycles. The van der Waals surface area contributed by atoms with Crippen molar-refractivity contribution in [1.82, 2.24) is 15.1 Å². The molecule has 0 bridgehead atoms. The van der Waals surface area contributed by atoms with E-state index in [0.717, 1.165) is 32.4 Å². The van der Waals surface area contributed by atoms with Crippen molar-refractivity contribution in [3.05, 3.63) is 51.9 Å². The largest absolute Gasteiger partial charge is 0.490 e. The normalized spacial score (nSPS) is 19.4. The van der Waals surface area contributed by atoms with Crippen LogP contribution in [-0.2, 0) is 9.53 Å². The van der Waals surface area contributed by atoms with Crippen LogP contribution in [0.1, 0.15) is 19.3 Å². The van der Waals surface area contributed by atoms with E-state index in [1.807, 2.05) is 30.3 Å². The molecule has 32 heavy (non-hydrogen) atoms. The first kappa shape index (κ1) is 24.0. The van der Waals surface area contributed by atoms with E-state index in [9.17, 15) is 18.0 Å². The number of nitrogens with zero attached hydrogens (tertiary/aromatic N) is 2. The van der Waals surface area contributed by atoms with E-state index in [1.165, 1.54) is 4.68 Å². The summed E-state index contributed by atoms with van der Waals surface area (Å²) >= 11 is 6.27. The van der Waals surface area contributed by atoms with Crippen LogP contribution < -0.4 is 16.2 Å². The maximum absolute atomic E-state index is 12.5. The van der Waals surface area contributed by atoms with Crippen molar-refractivity contribution in [2.45, 2.75) is 37.1 Å². The molecule has 1 spiro atoms. The predicted octanol–water partition coefficient (Wildman–Crippen LogP) is 2.84. The highest BCUT2D eigenvalue weighted by molar-refractivity contribution is 6.32. The number of carbonyl (C=O) groups is 1. The number of aromatic nitrogens is 2. The van der Waals surface area contributed by atoms with Crippen molar-refractivity contribution in [3.63, 3.8) is 0 Å². The van der Waals surface area contributed by atoms with Gasteiger partial charge in [0.05, 0.1) is 29.3 Å². The number of anilines is 1. The fourth-order valence-electron chi connectivity index (χ4n) is 3.46. The highest BCUT2D eigenvalue weighted by Gasteiger charge is 2.42. The van der Waals surface area contributed by atoms with Crippen LogP contribution in [0, 0.1) is 0 Å². The molecule has 12 heteroatoms. The average molecular weight is 475 g/mol. The minimum Gasteiger partial charge on any atom is -0.475 e. The Balaban J connectivity index is 0.000000360. The van der Waals surface area contributed by atoms with E-state index in [0.29, 0.717) is 17.9 Å². The molecular formula is C20H22ClF3N4O4. The number of aliphatic carboxylic acids is 1. The summed E-state index contributed by atoms with van der Waals surface area (Å²) in [5, 5.41) is 18.0. The molecule has 2 fully saturated rings. The Morgan fingerprint density at radius 2 is 2.00 bits per heavy atom. The van der Waals surface area contributed by atoms with E-state index < -0.39 is 12.1 Å². The second-order valence-electron chi connectivity index (χ2n) is 7.53. The maximum atomic E-state index is 12.5. The fourth-order valence-corrected chi connectivity index (χ4v) is 3.66. The summed E-state index contributed by atoms with van der Waals surface area (Å²) in [6, 6.07) is 9.24. The van der Waals surface area contributed by atoms with Crippen LogP contribution in [0.15, 0.2) is 41.3 Å². The van der Waals surface area contributed by atoms with Gasteiger partial charge < -0.3 is 20.5 Å². The molecule has 1 aromatic heterocycles. The first-order chi connectivity index (χ1) is 15.1. The van der Waals surface area contributed by atoms with Crippen LogP contribution in [0.5, 0.6) is 0 Å². The molecule has 2 aliphatic rings. The third kappa shape index (κ3) is 5.78. The Labute approximate surface area is 186 Å². The molecule has 4 rings (SSSR count). The van der Waals surface area contributed by atoms with Gasteiger partial charge in [-0.15, -0.1) is 0 Å². The first-order valence-electron chi connectivity index (χ1n) is 9.87. The zero-order chi connectivity index (χ0) is 23.4. The van der Waals surface area contributed by atoms with Gasteiger partial charge in [0.2, 0.25) is 0 Å². The highest BCUT2D eigenvalue weighted by atomic mass is 35.5. The van der Waals surface area contributed by atoms with Crippen LogP contribution in [0.4, 0.5) is 18.9 Å². The van der Waals surface area contributed by atoms with Gasteiger partial charge in [-0.25, -0.2) is 4.79 Å². The van der Waals surface area contributed by atoms with E-state index in [-0.39, 0.29) is 22.3 Å². The Hall–Kier alpha value is -2.63. The SMILES string of the molecule is O=C(O)C(F)(F)F.O=c1c(Cl)c(NCC2CCCC3(CNC3)O2)cnn1-c1ccccc1. The third-order valence-electron chi connectivity index (χ3n) is 5.15. The standard InChI is InChI=1S/C18H21ClN4O2.C2HF3O2/c19-16-15(10-22-23(17(16)24)13-5-2-1-3-6-13)21-9-14-7-4-8-18(25-14)11-20-12-18;3-2(4,5)1(6)7/h1-3,5-6,10,14,20-21H,4,7-9,11-12H2;(H,6,7). The maximum Gasteiger partial charge on any atom is 0.490 e. The number of hydrogen-bond acceptors (Lipinski definition) is 6. The van der Waals surface area contributed by atoms with Crippen molar-refractivity contribution < 1.29 is 27.8 Å². The summed E-state index contributed by atoms with van der Waals surface area (Å²) < 4.78 is 39.3. The number of alkyl halides is 3. The second-order valence-corrected chi connectivity index (χ2v) is 7.91. The van der Waals surface area contributed by atoms with E-state index >= 15 is 0 Å². The average Bonchev–Trinajstić information content (AvgIpc) is 2.74. The fraction of sp³-hybridized carbons (Fsp3) is 0.450. The molecule has 0 saturated carbocycles. The number of benzene rings is 1. The van der Waals surface area contributed by atoms with Gasteiger partial charge >= 0.3 is 12.1 Å². The quantitative estimate of drug-likeness (QED) is 0.625. The number of hydrogen-bond donors (Lipinski definition) is 3. The molecule has 0 radical (unpaired) electrons. The number of ether oxygens (including phenoxy) is 1. The van der Waals surface area contributed by atoms with Crippen molar-refractivity contribution in [2.24, 2.45) is 0 Å². The number of halogens is 4. The summed E-state index contributed by atoms with van der Waals surface area (Å²) in [7, 11) is 0. The molecule has 2 aliphatic heterocycles. The topological polar surface area (TPSA) is 105 Å². The molecule has 1 atom stereocenters. The third-order valence-corrected chi connectivity index (χ3v) is 5.52. The van der Waals surface area contributed by atoms with E-state index in [4.69, 9.17) is 26.2 Å². The molecule has 8 nitrogen and oxygen atoms in total. The van der Waals surface area contributed by atoms with Crippen LogP contribution in [0.3, 0.4) is 0 Å². The number of carboxylic acid groups (broad SMARTS) is 1. The Morgan fingerprint density at radius 1 is 1.34 bits per heavy atom. The van der Waals surface area contributed by atoms with Crippen molar-refractivity contribution in [3.8, 4) is 5.69 Å². The summed E-state index contributed by atoms with van der Waals surface area (Å²) in [6.07, 6.45) is -0.0636. The highest BCUT2D eigenvalue weighted by Crippen LogP contribution is 2.32. The first-order valence-corrected chi connectivity index (χ1v) is 10.2. The van der Waals surface area contributed by atoms with Gasteiger partial charge in [0.15, 0.2) is 0 Å². The van der Waals surface area contributed by atoms with Crippen molar-refractivity contribution in [2.75, 3.05) is 25.0 Å². The molecule has 1 aromatic carbocycles. The van der Waals surface area contributed by atoms with Gasteiger partial charge in [-0.2, -0.15) is 23.0 Å². The lowest BCUT2D eigenvalue weighted by molar-refractivity contribution is -0.192. The minimum absolute atomic E-state index is 0.0172. The second kappa shape index (κ2) is 9.88. The van der Waals surface area contributed by atoms with Crippen LogP contribution in [0.2, 0.25) is 5.02 Å². The summed E-state index contributed by atoms with van der Waals surface area (Å²) in [6.45, 7) is 2.48. The summed E-state index contributed by atoms with van der Waals surface area (Å²) in [5.74, 6) is -2.76. The van der Waals surface area contributed by atoms with Crippen LogP contribution in [0.25, 0.3) is 5.69 Å². The van der Waals surface area contributed by atoms with Crippen LogP contribution >= 0.6 is 11.6 Å². The number of para-hydroxylation sites is 1. The molecule has 0 aliphatic carbocycles. The van der Waals surface area contributed by atoms with Gasteiger partial charge in [0.1, 0.15) is 5.02 Å². The lowest BCUT2D eigenvalue weighted by atomic mass is 9.86. The zero-order valence-electron chi connectivity index (χ0n) is 16.9. The minimum atomic E-state index is -5.08. The summed E-state index contributed by atoms with van der Waals surface area (Å²) in [5.41, 5.74) is 0.926. The molecule has 174 valence electrons. The zero-order valence-corrected chi connectivity index (χ0v) is 17.6. The molecule has 2 aromatic rings. The monoisotopic (exact) mass is 474 g/mol. The number of rotatable bonds is 4. The van der Waals surface area contributed by atoms with Crippen molar-refractivity contribution in [1.29, 1.82) is 0 Å². The van der Waals surface area contributed by atoms with E-state index in [1.54, 1.807) is 6.20 Å². The number of carboxylic acids is 1. The molecule has 1 unspecified atom stereocenters. The van der Waals surface area contributed by atoms with Gasteiger partial charge in [0, 0.05) is 19.6 Å².